The van der Waals surface area contributed by atoms with Gasteiger partial charge in [0.2, 0.25) is 0 Å². The molecule has 28 heavy (non-hydrogen) atoms. The van der Waals surface area contributed by atoms with Gasteiger partial charge in [-0.05, 0) is 25.1 Å². The van der Waals surface area contributed by atoms with Crippen LogP contribution in [-0.2, 0) is 0 Å². The van der Waals surface area contributed by atoms with Gasteiger partial charge >= 0.3 is 0 Å². The van der Waals surface area contributed by atoms with Crippen molar-refractivity contribution in [2.24, 2.45) is 0 Å². The fourth-order valence-electron chi connectivity index (χ4n) is 3.70. The number of fused-ring (bicyclic) bond motifs is 1. The first-order valence-electron chi connectivity index (χ1n) is 9.55. The lowest BCUT2D eigenvalue weighted by molar-refractivity contribution is 0.0748. The van der Waals surface area contributed by atoms with Gasteiger partial charge in [0.15, 0.2) is 0 Å². The van der Waals surface area contributed by atoms with Gasteiger partial charge in [-0.3, -0.25) is 9.59 Å². The predicted octanol–water partition coefficient (Wildman–Crippen LogP) is 2.89. The lowest BCUT2D eigenvalue weighted by atomic mass is 10.1. The van der Waals surface area contributed by atoms with Crippen LogP contribution in [-0.4, -0.2) is 48.6 Å². The molecule has 1 aliphatic rings. The second-order valence-corrected chi connectivity index (χ2v) is 6.76. The number of hydrogen-bond donors (Lipinski definition) is 1. The van der Waals surface area contributed by atoms with Crippen LogP contribution >= 0.6 is 0 Å². The zero-order valence-electron chi connectivity index (χ0n) is 15.9. The van der Waals surface area contributed by atoms with Crippen molar-refractivity contribution in [3.8, 4) is 5.75 Å². The largest absolute Gasteiger partial charge is 0.492 e. The Balaban J connectivity index is 1.53. The highest BCUT2D eigenvalue weighted by atomic mass is 16.5. The molecule has 1 saturated heterocycles. The maximum Gasteiger partial charge on any atom is 0.256 e. The Hall–Kier alpha value is -3.28. The first kappa shape index (κ1) is 18.1. The number of rotatable bonds is 4. The number of nitrogens with zero attached hydrogens (tertiary/aromatic N) is 2. The number of benzene rings is 2. The number of hydrogen-bond acceptors (Lipinski definition) is 4. The van der Waals surface area contributed by atoms with E-state index in [4.69, 9.17) is 4.74 Å². The van der Waals surface area contributed by atoms with E-state index in [9.17, 15) is 9.59 Å². The van der Waals surface area contributed by atoms with E-state index in [0.717, 1.165) is 24.5 Å². The Morgan fingerprint density at radius 3 is 2.43 bits per heavy atom. The number of piperazine rings is 1. The summed E-state index contributed by atoms with van der Waals surface area (Å²) in [5.74, 6) is 0.821. The molecule has 0 bridgehead atoms. The minimum Gasteiger partial charge on any atom is -0.492 e. The van der Waals surface area contributed by atoms with E-state index in [1.807, 2.05) is 42.2 Å². The molecule has 1 aromatic heterocycles. The first-order valence-corrected chi connectivity index (χ1v) is 9.55. The number of H-pyrrole nitrogens is 1. The third-order valence-corrected chi connectivity index (χ3v) is 5.11. The number of ether oxygens (including phenoxy) is 1. The fraction of sp³-hybridized carbons (Fsp3) is 0.273. The lowest BCUT2D eigenvalue weighted by Crippen LogP contribution is -2.49. The summed E-state index contributed by atoms with van der Waals surface area (Å²) in [5, 5.41) is 1.23. The summed E-state index contributed by atoms with van der Waals surface area (Å²) in [7, 11) is 0. The highest BCUT2D eigenvalue weighted by molar-refractivity contribution is 6.06. The molecule has 0 aliphatic carbocycles. The normalized spacial score (nSPS) is 14.3. The monoisotopic (exact) mass is 377 g/mol. The predicted molar refractivity (Wildman–Crippen MR) is 110 cm³/mol. The summed E-state index contributed by atoms with van der Waals surface area (Å²) in [6.07, 6.45) is 1.53. The Morgan fingerprint density at radius 2 is 1.68 bits per heavy atom. The topological polar surface area (TPSA) is 65.6 Å². The van der Waals surface area contributed by atoms with Crippen molar-refractivity contribution >= 4 is 22.4 Å². The fourth-order valence-corrected chi connectivity index (χ4v) is 3.70. The van der Waals surface area contributed by atoms with Crippen molar-refractivity contribution in [2.45, 2.75) is 6.92 Å². The summed E-state index contributed by atoms with van der Waals surface area (Å²) in [4.78, 5) is 31.9. The molecular weight excluding hydrogens is 354 g/mol. The molecule has 0 atom stereocenters. The van der Waals surface area contributed by atoms with Crippen LogP contribution in [0.25, 0.3) is 10.8 Å². The molecule has 1 N–H and O–H groups in total. The number of carbonyl (C=O) groups excluding carboxylic acids is 1. The van der Waals surface area contributed by atoms with Crippen LogP contribution in [0.3, 0.4) is 0 Å². The van der Waals surface area contributed by atoms with Gasteiger partial charge in [-0.1, -0.05) is 30.3 Å². The van der Waals surface area contributed by atoms with Gasteiger partial charge in [-0.15, -0.1) is 0 Å². The average Bonchev–Trinajstić information content (AvgIpc) is 2.75. The molecule has 6 heteroatoms. The number of amides is 1. The van der Waals surface area contributed by atoms with E-state index in [1.54, 1.807) is 12.1 Å². The molecule has 1 aliphatic heterocycles. The minimum absolute atomic E-state index is 0.0507. The molecule has 0 spiro atoms. The van der Waals surface area contributed by atoms with Gasteiger partial charge in [0, 0.05) is 43.1 Å². The first-order chi connectivity index (χ1) is 13.7. The Bertz CT molecular complexity index is 1050. The molecule has 1 amide bonds. The second-order valence-electron chi connectivity index (χ2n) is 6.76. The zero-order chi connectivity index (χ0) is 19.5. The van der Waals surface area contributed by atoms with Crippen LogP contribution in [0.5, 0.6) is 5.75 Å². The molecule has 0 radical (unpaired) electrons. The number of para-hydroxylation sites is 2. The molecule has 2 aromatic carbocycles. The Kier molecular flexibility index (Phi) is 5.02. The number of carbonyl (C=O) groups is 1. The van der Waals surface area contributed by atoms with Gasteiger partial charge in [-0.2, -0.15) is 0 Å². The number of aromatic amines is 1. The Morgan fingerprint density at radius 1 is 1.00 bits per heavy atom. The van der Waals surface area contributed by atoms with Crippen molar-refractivity contribution in [2.75, 3.05) is 37.7 Å². The van der Waals surface area contributed by atoms with E-state index in [-0.39, 0.29) is 11.5 Å². The molecular formula is C22H23N3O3. The molecule has 2 heterocycles. The van der Waals surface area contributed by atoms with Gasteiger partial charge in [-0.25, -0.2) is 0 Å². The number of aromatic nitrogens is 1. The molecule has 1 fully saturated rings. The number of nitrogens with one attached hydrogen (secondary N) is 1. The van der Waals surface area contributed by atoms with Crippen molar-refractivity contribution in [3.63, 3.8) is 0 Å². The van der Waals surface area contributed by atoms with E-state index in [2.05, 4.69) is 16.0 Å². The summed E-state index contributed by atoms with van der Waals surface area (Å²) in [6, 6.07) is 15.2. The van der Waals surface area contributed by atoms with Crippen LogP contribution in [0.1, 0.15) is 17.3 Å². The molecule has 0 saturated carbocycles. The summed E-state index contributed by atoms with van der Waals surface area (Å²) in [5.41, 5.74) is 1.42. The maximum absolute atomic E-state index is 13.1. The van der Waals surface area contributed by atoms with E-state index < -0.39 is 0 Å². The maximum atomic E-state index is 13.1. The van der Waals surface area contributed by atoms with Crippen LogP contribution in [0.15, 0.2) is 59.5 Å². The second kappa shape index (κ2) is 7.76. The summed E-state index contributed by atoms with van der Waals surface area (Å²) >= 11 is 0. The van der Waals surface area contributed by atoms with Crippen LogP contribution in [0.4, 0.5) is 5.69 Å². The summed E-state index contributed by atoms with van der Waals surface area (Å²) < 4.78 is 5.74. The zero-order valence-corrected chi connectivity index (χ0v) is 15.9. The van der Waals surface area contributed by atoms with Gasteiger partial charge in [0.1, 0.15) is 5.75 Å². The molecule has 4 rings (SSSR count). The van der Waals surface area contributed by atoms with Crippen LogP contribution in [0.2, 0.25) is 0 Å². The SMILES string of the molecule is CCOc1ccccc1N1CCN(C(=O)c2c[nH]c(=O)c3ccccc23)CC1. The van der Waals surface area contributed by atoms with Gasteiger partial charge in [0.25, 0.3) is 11.5 Å². The van der Waals surface area contributed by atoms with Gasteiger partial charge in [0.05, 0.1) is 17.9 Å². The highest BCUT2D eigenvalue weighted by Gasteiger charge is 2.25. The van der Waals surface area contributed by atoms with Crippen molar-refractivity contribution < 1.29 is 9.53 Å². The smallest absolute Gasteiger partial charge is 0.256 e. The quantitative estimate of drug-likeness (QED) is 0.759. The van der Waals surface area contributed by atoms with Crippen molar-refractivity contribution in [1.29, 1.82) is 0 Å². The molecule has 144 valence electrons. The molecule has 3 aromatic rings. The lowest BCUT2D eigenvalue weighted by Gasteiger charge is -2.36. The van der Waals surface area contributed by atoms with E-state index >= 15 is 0 Å². The standard InChI is InChI=1S/C22H23N3O3/c1-2-28-20-10-6-5-9-19(20)24-11-13-25(14-12-24)22(27)18-15-23-21(26)17-8-4-3-7-16(17)18/h3-10,15H,2,11-14H2,1H3,(H,23,26). The van der Waals surface area contributed by atoms with Crippen molar-refractivity contribution in [3.05, 3.63) is 70.6 Å². The molecule has 0 unspecified atom stereocenters. The number of anilines is 1. The van der Waals surface area contributed by atoms with E-state index in [1.165, 1.54) is 6.20 Å². The molecule has 6 nitrogen and oxygen atoms in total. The highest BCUT2D eigenvalue weighted by Crippen LogP contribution is 2.29. The Labute approximate surface area is 163 Å². The average molecular weight is 377 g/mol. The third kappa shape index (κ3) is 3.33. The summed E-state index contributed by atoms with van der Waals surface area (Å²) in [6.45, 7) is 5.30. The number of pyridine rings is 1. The van der Waals surface area contributed by atoms with Crippen molar-refractivity contribution in [1.82, 2.24) is 9.88 Å². The minimum atomic E-state index is -0.176. The van der Waals surface area contributed by atoms with Crippen LogP contribution in [0, 0.1) is 0 Å². The van der Waals surface area contributed by atoms with E-state index in [0.29, 0.717) is 36.0 Å². The van der Waals surface area contributed by atoms with Gasteiger partial charge < -0.3 is 19.5 Å². The third-order valence-electron chi connectivity index (χ3n) is 5.11. The van der Waals surface area contributed by atoms with Crippen LogP contribution < -0.4 is 15.2 Å².